The number of carbonyl (C=O) groups is 1. The number of fused-ring (bicyclic) bond motifs is 1. The Hall–Kier alpha value is -2.08. The van der Waals surface area contributed by atoms with Crippen LogP contribution in [0.3, 0.4) is 0 Å². The number of H-pyrrole nitrogens is 1. The first-order valence-electron chi connectivity index (χ1n) is 6.90. The summed E-state index contributed by atoms with van der Waals surface area (Å²) in [4.78, 5) is 19.3. The van der Waals surface area contributed by atoms with Crippen molar-refractivity contribution in [2.24, 2.45) is 0 Å². The predicted molar refractivity (Wildman–Crippen MR) is 76.9 cm³/mol. The number of nitrogens with one attached hydrogen (secondary N) is 3. The van der Waals surface area contributed by atoms with Gasteiger partial charge in [0.25, 0.3) is 0 Å². The molecule has 1 saturated heterocycles. The Bertz CT molecular complexity index is 617. The van der Waals surface area contributed by atoms with Gasteiger partial charge in [-0.2, -0.15) is 0 Å². The SMILES string of the molecule is CCOC(=O)c1c[nH]c2nccc(NC3CCNC3)c12. The Balaban J connectivity index is 1.97. The van der Waals surface area contributed by atoms with Crippen molar-refractivity contribution in [3.8, 4) is 0 Å². The lowest BCUT2D eigenvalue weighted by molar-refractivity contribution is 0.0529. The highest BCUT2D eigenvalue weighted by Crippen LogP contribution is 2.27. The summed E-state index contributed by atoms with van der Waals surface area (Å²) in [7, 11) is 0. The maximum atomic E-state index is 12.0. The van der Waals surface area contributed by atoms with E-state index < -0.39 is 0 Å². The molecular formula is C14H18N4O2. The van der Waals surface area contributed by atoms with Crippen LogP contribution in [0.4, 0.5) is 5.69 Å². The van der Waals surface area contributed by atoms with Gasteiger partial charge in [0.2, 0.25) is 0 Å². The minimum atomic E-state index is -0.320. The summed E-state index contributed by atoms with van der Waals surface area (Å²) in [6, 6.07) is 2.28. The summed E-state index contributed by atoms with van der Waals surface area (Å²) < 4.78 is 5.09. The summed E-state index contributed by atoms with van der Waals surface area (Å²) >= 11 is 0. The van der Waals surface area contributed by atoms with Gasteiger partial charge in [0.15, 0.2) is 0 Å². The van der Waals surface area contributed by atoms with E-state index in [1.807, 2.05) is 6.07 Å². The number of rotatable bonds is 4. The number of aromatic amines is 1. The highest BCUT2D eigenvalue weighted by Gasteiger charge is 2.20. The zero-order chi connectivity index (χ0) is 13.9. The molecule has 106 valence electrons. The number of hydrogen-bond donors (Lipinski definition) is 3. The number of hydrogen-bond acceptors (Lipinski definition) is 5. The van der Waals surface area contributed by atoms with Gasteiger partial charge in [0, 0.05) is 30.7 Å². The van der Waals surface area contributed by atoms with Crippen LogP contribution in [0.15, 0.2) is 18.5 Å². The number of ether oxygens (including phenoxy) is 1. The van der Waals surface area contributed by atoms with Crippen LogP contribution in [0.2, 0.25) is 0 Å². The molecule has 0 amide bonds. The van der Waals surface area contributed by atoms with Crippen LogP contribution in [-0.2, 0) is 4.74 Å². The molecule has 1 aliphatic rings. The van der Waals surface area contributed by atoms with Crippen molar-refractivity contribution < 1.29 is 9.53 Å². The Morgan fingerprint density at radius 2 is 2.50 bits per heavy atom. The molecular weight excluding hydrogens is 256 g/mol. The van der Waals surface area contributed by atoms with Gasteiger partial charge in [-0.3, -0.25) is 0 Å². The summed E-state index contributed by atoms with van der Waals surface area (Å²) in [5, 5.41) is 7.60. The minimum Gasteiger partial charge on any atom is -0.462 e. The maximum Gasteiger partial charge on any atom is 0.340 e. The summed E-state index contributed by atoms with van der Waals surface area (Å²) in [6.45, 7) is 4.11. The average molecular weight is 274 g/mol. The number of carbonyl (C=O) groups excluding carboxylic acids is 1. The molecule has 1 unspecified atom stereocenters. The van der Waals surface area contributed by atoms with Gasteiger partial charge in [-0.1, -0.05) is 0 Å². The van der Waals surface area contributed by atoms with Gasteiger partial charge in [0.1, 0.15) is 5.65 Å². The number of pyridine rings is 1. The topological polar surface area (TPSA) is 79.0 Å². The van der Waals surface area contributed by atoms with Crippen LogP contribution in [-0.4, -0.2) is 41.7 Å². The molecule has 3 heterocycles. The van der Waals surface area contributed by atoms with Crippen LogP contribution in [0.1, 0.15) is 23.7 Å². The number of anilines is 1. The lowest BCUT2D eigenvalue weighted by Gasteiger charge is -2.14. The molecule has 1 atom stereocenters. The molecule has 0 aliphatic carbocycles. The van der Waals surface area contributed by atoms with Crippen LogP contribution in [0.5, 0.6) is 0 Å². The highest BCUT2D eigenvalue weighted by atomic mass is 16.5. The first-order valence-corrected chi connectivity index (χ1v) is 6.90. The van der Waals surface area contributed by atoms with Crippen molar-refractivity contribution in [1.82, 2.24) is 15.3 Å². The largest absolute Gasteiger partial charge is 0.462 e. The standard InChI is InChI=1S/C14H18N4O2/c1-2-20-14(19)10-8-17-13-12(10)11(4-6-16-13)18-9-3-5-15-7-9/h4,6,8-9,15H,2-3,5,7H2,1H3,(H2,16,17,18). The molecule has 3 N–H and O–H groups in total. The third-order valence-corrected chi connectivity index (χ3v) is 3.49. The predicted octanol–water partition coefficient (Wildman–Crippen LogP) is 1.51. The van der Waals surface area contributed by atoms with E-state index in [2.05, 4.69) is 20.6 Å². The zero-order valence-electron chi connectivity index (χ0n) is 11.4. The zero-order valence-corrected chi connectivity index (χ0v) is 11.4. The Morgan fingerprint density at radius 3 is 3.25 bits per heavy atom. The van der Waals surface area contributed by atoms with E-state index in [0.717, 1.165) is 30.6 Å². The van der Waals surface area contributed by atoms with E-state index in [0.29, 0.717) is 23.9 Å². The van der Waals surface area contributed by atoms with Gasteiger partial charge in [0.05, 0.1) is 17.6 Å². The summed E-state index contributed by atoms with van der Waals surface area (Å²) in [5.74, 6) is -0.320. The van der Waals surface area contributed by atoms with E-state index >= 15 is 0 Å². The fourth-order valence-corrected chi connectivity index (χ4v) is 2.54. The van der Waals surface area contributed by atoms with Crippen molar-refractivity contribution >= 4 is 22.7 Å². The van der Waals surface area contributed by atoms with Gasteiger partial charge in [-0.15, -0.1) is 0 Å². The van der Waals surface area contributed by atoms with Crippen molar-refractivity contribution in [2.75, 3.05) is 25.0 Å². The molecule has 0 bridgehead atoms. The quantitative estimate of drug-likeness (QED) is 0.737. The lowest BCUT2D eigenvalue weighted by atomic mass is 10.1. The van der Waals surface area contributed by atoms with Crippen LogP contribution < -0.4 is 10.6 Å². The molecule has 2 aromatic rings. The van der Waals surface area contributed by atoms with Crippen LogP contribution >= 0.6 is 0 Å². The number of esters is 1. The molecule has 20 heavy (non-hydrogen) atoms. The Labute approximate surface area is 116 Å². The van der Waals surface area contributed by atoms with Crippen molar-refractivity contribution in [1.29, 1.82) is 0 Å². The maximum absolute atomic E-state index is 12.0. The minimum absolute atomic E-state index is 0.320. The third-order valence-electron chi connectivity index (χ3n) is 3.49. The Morgan fingerprint density at radius 1 is 1.60 bits per heavy atom. The summed E-state index contributed by atoms with van der Waals surface area (Å²) in [6.07, 6.45) is 4.47. The van der Waals surface area contributed by atoms with Crippen molar-refractivity contribution in [3.05, 3.63) is 24.0 Å². The van der Waals surface area contributed by atoms with Crippen LogP contribution in [0, 0.1) is 0 Å². The van der Waals surface area contributed by atoms with E-state index in [1.54, 1.807) is 19.3 Å². The molecule has 0 aromatic carbocycles. The molecule has 2 aromatic heterocycles. The molecule has 0 spiro atoms. The van der Waals surface area contributed by atoms with E-state index in [-0.39, 0.29) is 5.97 Å². The molecule has 3 rings (SSSR count). The second-order valence-corrected chi connectivity index (χ2v) is 4.84. The second kappa shape index (κ2) is 5.50. The highest BCUT2D eigenvalue weighted by molar-refractivity contribution is 6.08. The number of aromatic nitrogens is 2. The molecule has 0 saturated carbocycles. The third kappa shape index (κ3) is 2.34. The van der Waals surface area contributed by atoms with Gasteiger partial charge in [-0.25, -0.2) is 9.78 Å². The normalized spacial score (nSPS) is 18.4. The molecule has 1 aliphatic heterocycles. The summed E-state index contributed by atoms with van der Waals surface area (Å²) in [5.41, 5.74) is 2.15. The van der Waals surface area contributed by atoms with E-state index in [4.69, 9.17) is 4.74 Å². The van der Waals surface area contributed by atoms with Crippen molar-refractivity contribution in [2.45, 2.75) is 19.4 Å². The van der Waals surface area contributed by atoms with Crippen LogP contribution in [0.25, 0.3) is 11.0 Å². The fourth-order valence-electron chi connectivity index (χ4n) is 2.54. The first kappa shape index (κ1) is 12.9. The molecule has 0 radical (unpaired) electrons. The van der Waals surface area contributed by atoms with Gasteiger partial charge >= 0.3 is 5.97 Å². The first-order chi connectivity index (χ1) is 9.79. The Kier molecular flexibility index (Phi) is 3.56. The number of nitrogens with zero attached hydrogens (tertiary/aromatic N) is 1. The van der Waals surface area contributed by atoms with Gasteiger partial charge in [-0.05, 0) is 26.0 Å². The van der Waals surface area contributed by atoms with E-state index in [1.165, 1.54) is 0 Å². The van der Waals surface area contributed by atoms with Crippen molar-refractivity contribution in [3.63, 3.8) is 0 Å². The second-order valence-electron chi connectivity index (χ2n) is 4.84. The average Bonchev–Trinajstić information content (AvgIpc) is 3.08. The smallest absolute Gasteiger partial charge is 0.340 e. The molecule has 6 nitrogen and oxygen atoms in total. The molecule has 1 fully saturated rings. The molecule has 6 heteroatoms. The lowest BCUT2D eigenvalue weighted by Crippen LogP contribution is -2.22. The monoisotopic (exact) mass is 274 g/mol. The fraction of sp³-hybridized carbons (Fsp3) is 0.429. The van der Waals surface area contributed by atoms with E-state index in [9.17, 15) is 4.79 Å². The van der Waals surface area contributed by atoms with Gasteiger partial charge < -0.3 is 20.4 Å².